The Morgan fingerprint density at radius 1 is 0.727 bits per heavy atom. The van der Waals surface area contributed by atoms with Crippen LogP contribution in [0.15, 0.2) is 72.8 Å². The van der Waals surface area contributed by atoms with Gasteiger partial charge in [0, 0.05) is 22.4 Å². The number of benzene rings is 3. The van der Waals surface area contributed by atoms with Crippen molar-refractivity contribution in [3.8, 4) is 5.75 Å². The van der Waals surface area contributed by atoms with Crippen LogP contribution in [0.5, 0.6) is 5.75 Å². The number of hydrazine groups is 1. The number of anilines is 1. The number of hydrogen-bond acceptors (Lipinski definition) is 4. The molecule has 0 saturated carbocycles. The van der Waals surface area contributed by atoms with E-state index in [9.17, 15) is 27.6 Å². The van der Waals surface area contributed by atoms with Crippen LogP contribution in [0.1, 0.15) is 36.6 Å². The number of amides is 3. The van der Waals surface area contributed by atoms with Crippen LogP contribution in [0.3, 0.4) is 0 Å². The van der Waals surface area contributed by atoms with E-state index < -0.39 is 29.5 Å². The molecule has 0 aliphatic heterocycles. The second-order valence-electron chi connectivity index (χ2n) is 6.75. The lowest BCUT2D eigenvalue weighted by molar-refractivity contribution is -0.137. The summed E-state index contributed by atoms with van der Waals surface area (Å²) in [6, 6.07) is 16.1. The average Bonchev–Trinajstić information content (AvgIpc) is 2.82. The molecule has 0 heterocycles. The predicted molar refractivity (Wildman–Crippen MR) is 114 cm³/mol. The molecule has 3 N–H and O–H groups in total. The van der Waals surface area contributed by atoms with Crippen LogP contribution in [0.25, 0.3) is 0 Å². The molecule has 3 rings (SSSR count). The molecule has 3 aromatic carbocycles. The number of ether oxygens (including phenoxy) is 1. The van der Waals surface area contributed by atoms with Gasteiger partial charge >= 0.3 is 6.18 Å². The van der Waals surface area contributed by atoms with E-state index in [0.717, 1.165) is 12.1 Å². The lowest BCUT2D eigenvalue weighted by Gasteiger charge is -2.11. The Hall–Kier alpha value is -4.34. The quantitative estimate of drug-likeness (QED) is 0.504. The van der Waals surface area contributed by atoms with Gasteiger partial charge in [0.25, 0.3) is 17.7 Å². The van der Waals surface area contributed by atoms with Crippen molar-refractivity contribution >= 4 is 23.4 Å². The first-order valence-electron chi connectivity index (χ1n) is 9.51. The summed E-state index contributed by atoms with van der Waals surface area (Å²) in [5.41, 5.74) is 3.75. The summed E-state index contributed by atoms with van der Waals surface area (Å²) >= 11 is 0. The second-order valence-corrected chi connectivity index (χ2v) is 6.75. The minimum atomic E-state index is -4.60. The highest BCUT2D eigenvalue weighted by Gasteiger charge is 2.30. The molecular formula is C23H18F3N3O4. The molecule has 33 heavy (non-hydrogen) atoms. The summed E-state index contributed by atoms with van der Waals surface area (Å²) in [7, 11) is 1.51. The van der Waals surface area contributed by atoms with Crippen LogP contribution in [0.2, 0.25) is 0 Å². The molecule has 0 atom stereocenters. The van der Waals surface area contributed by atoms with Gasteiger partial charge in [0.05, 0.1) is 12.7 Å². The first kappa shape index (κ1) is 23.3. The Morgan fingerprint density at radius 3 is 1.88 bits per heavy atom. The molecule has 0 fully saturated rings. The maximum atomic E-state index is 12.8. The third-order valence-electron chi connectivity index (χ3n) is 4.48. The number of carbonyl (C=O) groups is 3. The monoisotopic (exact) mass is 457 g/mol. The standard InChI is InChI=1S/C23H18F3N3O4/c1-33-19-10-8-14(9-11-19)20(30)27-18-7-3-5-16(13-18)22(32)29-28-21(31)15-4-2-6-17(12-15)23(24,25)26/h2-13H,1H3,(H,27,30)(H,28,31)(H,29,32). The van der Waals surface area contributed by atoms with Gasteiger partial charge in [-0.1, -0.05) is 12.1 Å². The molecule has 0 aliphatic carbocycles. The van der Waals surface area contributed by atoms with Crippen LogP contribution in [0.4, 0.5) is 18.9 Å². The van der Waals surface area contributed by atoms with E-state index in [0.29, 0.717) is 23.1 Å². The summed E-state index contributed by atoms with van der Waals surface area (Å²) in [5, 5.41) is 2.65. The Labute approximate surface area is 186 Å². The molecule has 170 valence electrons. The van der Waals surface area contributed by atoms with E-state index in [1.54, 1.807) is 30.3 Å². The summed E-state index contributed by atoms with van der Waals surface area (Å²) in [6.07, 6.45) is -4.60. The van der Waals surface area contributed by atoms with Crippen molar-refractivity contribution < 1.29 is 32.3 Å². The van der Waals surface area contributed by atoms with Gasteiger partial charge in [-0.2, -0.15) is 13.2 Å². The number of halogens is 3. The molecule has 10 heteroatoms. The van der Waals surface area contributed by atoms with Gasteiger partial charge in [0.2, 0.25) is 0 Å². The van der Waals surface area contributed by atoms with Gasteiger partial charge in [-0.05, 0) is 60.7 Å². The molecule has 0 unspecified atom stereocenters. The normalized spacial score (nSPS) is 10.8. The van der Waals surface area contributed by atoms with E-state index in [4.69, 9.17) is 4.74 Å². The summed E-state index contributed by atoms with van der Waals surface area (Å²) in [6.45, 7) is 0. The van der Waals surface area contributed by atoms with E-state index in [2.05, 4.69) is 16.2 Å². The second kappa shape index (κ2) is 9.86. The highest BCUT2D eigenvalue weighted by molar-refractivity contribution is 6.05. The third kappa shape index (κ3) is 6.10. The predicted octanol–water partition coefficient (Wildman–Crippen LogP) is 4.04. The summed E-state index contributed by atoms with van der Waals surface area (Å²) < 4.78 is 43.4. The van der Waals surface area contributed by atoms with Crippen molar-refractivity contribution in [2.24, 2.45) is 0 Å². The Morgan fingerprint density at radius 2 is 1.30 bits per heavy atom. The number of carbonyl (C=O) groups excluding carboxylic acids is 3. The molecule has 0 saturated heterocycles. The van der Waals surface area contributed by atoms with Crippen molar-refractivity contribution in [3.05, 3.63) is 95.1 Å². The Balaban J connectivity index is 1.62. The number of methoxy groups -OCH3 is 1. The maximum absolute atomic E-state index is 12.8. The zero-order valence-electron chi connectivity index (χ0n) is 17.2. The molecule has 7 nitrogen and oxygen atoms in total. The fraction of sp³-hybridized carbons (Fsp3) is 0.0870. The van der Waals surface area contributed by atoms with Crippen LogP contribution < -0.4 is 20.9 Å². The molecule has 0 spiro atoms. The fourth-order valence-corrected chi connectivity index (χ4v) is 2.78. The summed E-state index contributed by atoms with van der Waals surface area (Å²) in [4.78, 5) is 36.8. The van der Waals surface area contributed by atoms with Crippen molar-refractivity contribution in [2.45, 2.75) is 6.18 Å². The minimum absolute atomic E-state index is 0.104. The van der Waals surface area contributed by atoms with Crippen molar-refractivity contribution in [3.63, 3.8) is 0 Å². The fourth-order valence-electron chi connectivity index (χ4n) is 2.78. The molecule has 0 radical (unpaired) electrons. The molecule has 3 aromatic rings. The van der Waals surface area contributed by atoms with Crippen LogP contribution in [-0.2, 0) is 6.18 Å². The van der Waals surface area contributed by atoms with Gasteiger partial charge in [0.15, 0.2) is 0 Å². The minimum Gasteiger partial charge on any atom is -0.497 e. The Kier molecular flexibility index (Phi) is 6.97. The van der Waals surface area contributed by atoms with Crippen LogP contribution >= 0.6 is 0 Å². The van der Waals surface area contributed by atoms with Crippen LogP contribution in [0, 0.1) is 0 Å². The van der Waals surface area contributed by atoms with Crippen molar-refractivity contribution in [1.29, 1.82) is 0 Å². The molecule has 0 aromatic heterocycles. The summed E-state index contributed by atoms with van der Waals surface area (Å²) in [5.74, 6) is -1.46. The molecule has 3 amide bonds. The van der Waals surface area contributed by atoms with E-state index in [1.807, 2.05) is 0 Å². The number of nitrogens with one attached hydrogen (secondary N) is 3. The van der Waals surface area contributed by atoms with Gasteiger partial charge in [-0.25, -0.2) is 0 Å². The largest absolute Gasteiger partial charge is 0.497 e. The van der Waals surface area contributed by atoms with E-state index >= 15 is 0 Å². The topological polar surface area (TPSA) is 96.5 Å². The first-order valence-corrected chi connectivity index (χ1v) is 9.51. The SMILES string of the molecule is COc1ccc(C(=O)Nc2cccc(C(=O)NNC(=O)c3cccc(C(F)(F)F)c3)c2)cc1. The number of rotatable bonds is 5. The van der Waals surface area contributed by atoms with Gasteiger partial charge in [-0.3, -0.25) is 25.2 Å². The lowest BCUT2D eigenvalue weighted by Crippen LogP contribution is -2.41. The van der Waals surface area contributed by atoms with Gasteiger partial charge in [-0.15, -0.1) is 0 Å². The van der Waals surface area contributed by atoms with E-state index in [-0.39, 0.29) is 11.1 Å². The number of hydrogen-bond donors (Lipinski definition) is 3. The third-order valence-corrected chi connectivity index (χ3v) is 4.48. The van der Waals surface area contributed by atoms with E-state index in [1.165, 1.54) is 31.4 Å². The first-order chi connectivity index (χ1) is 15.7. The molecule has 0 bridgehead atoms. The van der Waals surface area contributed by atoms with Crippen LogP contribution in [-0.4, -0.2) is 24.8 Å². The average molecular weight is 457 g/mol. The van der Waals surface area contributed by atoms with Crippen molar-refractivity contribution in [2.75, 3.05) is 12.4 Å². The number of alkyl halides is 3. The maximum Gasteiger partial charge on any atom is 0.416 e. The lowest BCUT2D eigenvalue weighted by atomic mass is 10.1. The van der Waals surface area contributed by atoms with Gasteiger partial charge < -0.3 is 10.1 Å². The highest BCUT2D eigenvalue weighted by Crippen LogP contribution is 2.29. The molecule has 0 aliphatic rings. The molecular weight excluding hydrogens is 439 g/mol. The smallest absolute Gasteiger partial charge is 0.416 e. The Bertz CT molecular complexity index is 1180. The zero-order valence-corrected chi connectivity index (χ0v) is 17.2. The van der Waals surface area contributed by atoms with Crippen molar-refractivity contribution in [1.82, 2.24) is 10.9 Å². The highest BCUT2D eigenvalue weighted by atomic mass is 19.4. The van der Waals surface area contributed by atoms with Gasteiger partial charge in [0.1, 0.15) is 5.75 Å². The zero-order chi connectivity index (χ0) is 24.0.